The number of nitrogens with zero attached hydrogens (tertiary/aromatic N) is 2. The summed E-state index contributed by atoms with van der Waals surface area (Å²) in [7, 11) is 0. The minimum Gasteiger partial charge on any atom is -0.461 e. The molecule has 0 aliphatic heterocycles. The van der Waals surface area contributed by atoms with Crippen molar-refractivity contribution < 1.29 is 9.53 Å². The molecule has 0 saturated carbocycles. The number of aromatic nitrogens is 1. The summed E-state index contributed by atoms with van der Waals surface area (Å²) in [5.41, 5.74) is 5.11. The third-order valence-electron chi connectivity index (χ3n) is 3.38. The summed E-state index contributed by atoms with van der Waals surface area (Å²) in [6.07, 6.45) is 0. The third-order valence-corrected chi connectivity index (χ3v) is 4.67. The first kappa shape index (κ1) is 19.1. The maximum atomic E-state index is 12.3. The van der Waals surface area contributed by atoms with Gasteiger partial charge in [0.2, 0.25) is 0 Å². The molecule has 2 aromatic carbocycles. The molecule has 0 fully saturated rings. The molecule has 6 nitrogen and oxygen atoms in total. The highest BCUT2D eigenvalue weighted by Gasteiger charge is 2.19. The van der Waals surface area contributed by atoms with Gasteiger partial charge in [0.1, 0.15) is 5.69 Å². The molecule has 0 aliphatic carbocycles. The topological polar surface area (TPSA) is 75.6 Å². The lowest BCUT2D eigenvalue weighted by atomic mass is 10.3. The summed E-state index contributed by atoms with van der Waals surface area (Å²) in [6.45, 7) is 2.01. The van der Waals surface area contributed by atoms with Crippen molar-refractivity contribution in [3.05, 3.63) is 70.1 Å². The Morgan fingerprint density at radius 2 is 1.89 bits per heavy atom. The zero-order chi connectivity index (χ0) is 19.1. The van der Waals surface area contributed by atoms with Gasteiger partial charge < -0.3 is 10.1 Å². The summed E-state index contributed by atoms with van der Waals surface area (Å²) < 4.78 is 6.08. The lowest BCUT2D eigenvalue weighted by Gasteiger charge is -2.06. The van der Waals surface area contributed by atoms with Crippen LogP contribution in [0.5, 0.6) is 0 Å². The predicted octanol–water partition coefficient (Wildman–Crippen LogP) is 5.03. The molecular formula is C19H17BrN4O2S. The van der Waals surface area contributed by atoms with Crippen LogP contribution in [0.15, 0.2) is 69.6 Å². The van der Waals surface area contributed by atoms with E-state index in [9.17, 15) is 4.79 Å². The number of halogens is 1. The largest absolute Gasteiger partial charge is 0.461 e. The zero-order valence-electron chi connectivity index (χ0n) is 14.5. The van der Waals surface area contributed by atoms with Crippen LogP contribution in [0.2, 0.25) is 0 Å². The summed E-state index contributed by atoms with van der Waals surface area (Å²) in [4.78, 5) is 16.8. The van der Waals surface area contributed by atoms with Gasteiger partial charge in [-0.05, 0) is 43.3 Å². The van der Waals surface area contributed by atoms with E-state index in [1.807, 2.05) is 54.6 Å². The molecule has 0 bridgehead atoms. The molecule has 0 atom stereocenters. The number of rotatable bonds is 7. The first-order valence-corrected chi connectivity index (χ1v) is 9.87. The Morgan fingerprint density at radius 3 is 2.59 bits per heavy atom. The monoisotopic (exact) mass is 444 g/mol. The van der Waals surface area contributed by atoms with E-state index in [4.69, 9.17) is 4.74 Å². The lowest BCUT2D eigenvalue weighted by molar-refractivity contribution is -0.134. The third kappa shape index (κ3) is 5.38. The van der Waals surface area contributed by atoms with Crippen molar-refractivity contribution in [3.8, 4) is 0 Å². The number of esters is 1. The maximum absolute atomic E-state index is 12.3. The highest BCUT2D eigenvalue weighted by molar-refractivity contribution is 9.10. The van der Waals surface area contributed by atoms with Gasteiger partial charge in [0.05, 0.1) is 12.3 Å². The number of nitrogens with one attached hydrogen (secondary N) is 2. The van der Waals surface area contributed by atoms with Crippen LogP contribution in [0, 0.1) is 0 Å². The number of thiazole rings is 1. The van der Waals surface area contributed by atoms with Gasteiger partial charge in [-0.1, -0.05) is 34.1 Å². The molecule has 1 aromatic heterocycles. The number of hydrogen-bond acceptors (Lipinski definition) is 7. The molecule has 8 heteroatoms. The Labute approximate surface area is 169 Å². The molecule has 1 heterocycles. The van der Waals surface area contributed by atoms with Gasteiger partial charge in [0, 0.05) is 15.5 Å². The van der Waals surface area contributed by atoms with Crippen LogP contribution in [0.4, 0.5) is 16.5 Å². The SMILES string of the molecule is CCOC(=O)/C(=N/Nc1ccc(Br)cc1)c1csc(Nc2ccccc2)n1. The van der Waals surface area contributed by atoms with Crippen molar-refractivity contribution in [3.63, 3.8) is 0 Å². The molecule has 2 N–H and O–H groups in total. The Morgan fingerprint density at radius 1 is 1.15 bits per heavy atom. The van der Waals surface area contributed by atoms with Crippen LogP contribution in [-0.2, 0) is 9.53 Å². The smallest absolute Gasteiger partial charge is 0.361 e. The standard InChI is InChI=1S/C19H17BrN4O2S/c1-2-26-18(25)17(24-23-15-10-8-13(20)9-11-15)16-12-27-19(22-16)21-14-6-4-3-5-7-14/h3-12,23H,2H2,1H3,(H,21,22)/b24-17+. The first-order valence-electron chi connectivity index (χ1n) is 8.20. The average molecular weight is 445 g/mol. The second kappa shape index (κ2) is 9.29. The van der Waals surface area contributed by atoms with Gasteiger partial charge >= 0.3 is 5.97 Å². The first-order chi connectivity index (χ1) is 13.2. The Bertz CT molecular complexity index is 926. The van der Waals surface area contributed by atoms with E-state index in [2.05, 4.69) is 36.8 Å². The minimum absolute atomic E-state index is 0.122. The average Bonchev–Trinajstić information content (AvgIpc) is 3.12. The van der Waals surface area contributed by atoms with Crippen LogP contribution in [0.3, 0.4) is 0 Å². The molecule has 0 amide bonds. The summed E-state index contributed by atoms with van der Waals surface area (Å²) >= 11 is 4.77. The molecule has 0 radical (unpaired) electrons. The van der Waals surface area contributed by atoms with E-state index in [1.54, 1.807) is 12.3 Å². The van der Waals surface area contributed by atoms with Crippen LogP contribution in [0.1, 0.15) is 12.6 Å². The van der Waals surface area contributed by atoms with Crippen LogP contribution >= 0.6 is 27.3 Å². The second-order valence-corrected chi connectivity index (χ2v) is 7.10. The molecule has 0 unspecified atom stereocenters. The van der Waals surface area contributed by atoms with E-state index in [1.165, 1.54) is 11.3 Å². The number of benzene rings is 2. The predicted molar refractivity (Wildman–Crippen MR) is 113 cm³/mol. The lowest BCUT2D eigenvalue weighted by Crippen LogP contribution is -2.20. The molecule has 138 valence electrons. The fourth-order valence-corrected chi connectivity index (χ4v) is 3.12. The molecule has 27 heavy (non-hydrogen) atoms. The number of anilines is 3. The number of carbonyl (C=O) groups excluding carboxylic acids is 1. The van der Waals surface area contributed by atoms with Crippen molar-refractivity contribution in [2.45, 2.75) is 6.92 Å². The molecular weight excluding hydrogens is 428 g/mol. The summed E-state index contributed by atoms with van der Waals surface area (Å²) in [6, 6.07) is 17.2. The highest BCUT2D eigenvalue weighted by atomic mass is 79.9. The van der Waals surface area contributed by atoms with Gasteiger partial charge in [-0.3, -0.25) is 5.43 Å². The number of ether oxygens (including phenoxy) is 1. The van der Waals surface area contributed by atoms with Crippen molar-refractivity contribution in [2.75, 3.05) is 17.3 Å². The Balaban J connectivity index is 1.81. The van der Waals surface area contributed by atoms with Gasteiger partial charge in [-0.25, -0.2) is 9.78 Å². The van der Waals surface area contributed by atoms with Crippen molar-refractivity contribution >= 4 is 55.5 Å². The van der Waals surface area contributed by atoms with E-state index in [0.29, 0.717) is 10.8 Å². The fourth-order valence-electron chi connectivity index (χ4n) is 2.14. The molecule has 0 aliphatic rings. The number of hydrazone groups is 1. The maximum Gasteiger partial charge on any atom is 0.361 e. The Hall–Kier alpha value is -2.71. The van der Waals surface area contributed by atoms with E-state index in [-0.39, 0.29) is 12.3 Å². The minimum atomic E-state index is -0.529. The normalized spacial score (nSPS) is 11.1. The van der Waals surface area contributed by atoms with Crippen LogP contribution in [0.25, 0.3) is 0 Å². The Kier molecular flexibility index (Phi) is 6.56. The zero-order valence-corrected chi connectivity index (χ0v) is 16.9. The van der Waals surface area contributed by atoms with Gasteiger partial charge in [0.25, 0.3) is 0 Å². The van der Waals surface area contributed by atoms with E-state index in [0.717, 1.165) is 15.8 Å². The molecule has 3 rings (SSSR count). The highest BCUT2D eigenvalue weighted by Crippen LogP contribution is 2.22. The van der Waals surface area contributed by atoms with E-state index >= 15 is 0 Å². The molecule has 3 aromatic rings. The van der Waals surface area contributed by atoms with Gasteiger partial charge in [-0.2, -0.15) is 5.10 Å². The van der Waals surface area contributed by atoms with Crippen LogP contribution in [-0.4, -0.2) is 23.3 Å². The second-order valence-electron chi connectivity index (χ2n) is 5.33. The molecule has 0 spiro atoms. The van der Waals surface area contributed by atoms with Crippen molar-refractivity contribution in [1.82, 2.24) is 4.98 Å². The van der Waals surface area contributed by atoms with Crippen molar-refractivity contribution in [1.29, 1.82) is 0 Å². The fraction of sp³-hybridized carbons (Fsp3) is 0.105. The van der Waals surface area contributed by atoms with Crippen LogP contribution < -0.4 is 10.7 Å². The van der Waals surface area contributed by atoms with Gasteiger partial charge in [-0.15, -0.1) is 11.3 Å². The number of carbonyl (C=O) groups is 1. The summed E-state index contributed by atoms with van der Waals surface area (Å²) in [5.74, 6) is -0.529. The molecule has 0 saturated heterocycles. The van der Waals surface area contributed by atoms with E-state index < -0.39 is 5.97 Å². The van der Waals surface area contributed by atoms with Gasteiger partial charge in [0.15, 0.2) is 10.8 Å². The number of para-hydroxylation sites is 1. The van der Waals surface area contributed by atoms with Crippen molar-refractivity contribution in [2.24, 2.45) is 5.10 Å². The number of hydrogen-bond donors (Lipinski definition) is 2. The summed E-state index contributed by atoms with van der Waals surface area (Å²) in [5, 5.41) is 9.86. The quantitative estimate of drug-likeness (QED) is 0.303.